The second-order valence-electron chi connectivity index (χ2n) is 8.01. The monoisotopic (exact) mass is 416 g/mol. The molecule has 1 aromatic carbocycles. The predicted octanol–water partition coefficient (Wildman–Crippen LogP) is 2.52. The summed E-state index contributed by atoms with van der Waals surface area (Å²) in [5.74, 6) is 0.613. The highest BCUT2D eigenvalue weighted by atomic mass is 35.5. The molecule has 1 aliphatic heterocycles. The average Bonchev–Trinajstić information content (AvgIpc) is 3.52. The lowest BCUT2D eigenvalue weighted by Crippen LogP contribution is -2.52. The summed E-state index contributed by atoms with van der Waals surface area (Å²) >= 11 is 6.02. The van der Waals surface area contributed by atoms with Gasteiger partial charge in [-0.05, 0) is 37.8 Å². The summed E-state index contributed by atoms with van der Waals surface area (Å²) in [5, 5.41) is 13.9. The van der Waals surface area contributed by atoms with Crippen molar-refractivity contribution in [2.75, 3.05) is 31.6 Å². The third kappa shape index (κ3) is 4.37. The number of hydrogen-bond donors (Lipinski definition) is 2. The van der Waals surface area contributed by atoms with E-state index in [-0.39, 0.29) is 30.2 Å². The van der Waals surface area contributed by atoms with Crippen LogP contribution < -0.4 is 10.2 Å². The van der Waals surface area contributed by atoms with Gasteiger partial charge in [0.1, 0.15) is 11.4 Å². The first kappa shape index (κ1) is 20.1. The van der Waals surface area contributed by atoms with Gasteiger partial charge in [0, 0.05) is 37.3 Å². The molecule has 7 nitrogen and oxygen atoms in total. The SMILES string of the molecule is COC1CN(c2ncc(C(=O)NC[C@](C)(O)C3CC3)nc2-c2ccc(Cl)cc2)C1. The van der Waals surface area contributed by atoms with Crippen LogP contribution in [-0.4, -0.2) is 59.4 Å². The van der Waals surface area contributed by atoms with Crippen molar-refractivity contribution in [3.05, 3.63) is 41.2 Å². The van der Waals surface area contributed by atoms with Gasteiger partial charge in [-0.1, -0.05) is 23.7 Å². The number of benzene rings is 1. The summed E-state index contributed by atoms with van der Waals surface area (Å²) < 4.78 is 5.35. The van der Waals surface area contributed by atoms with Gasteiger partial charge in [-0.15, -0.1) is 0 Å². The molecule has 1 aromatic heterocycles. The molecule has 0 radical (unpaired) electrons. The molecule has 0 bridgehead atoms. The topological polar surface area (TPSA) is 87.6 Å². The van der Waals surface area contributed by atoms with Crippen LogP contribution in [0.5, 0.6) is 0 Å². The molecular weight excluding hydrogens is 392 g/mol. The van der Waals surface area contributed by atoms with Crippen LogP contribution in [0.15, 0.2) is 30.5 Å². The normalized spacial score (nSPS) is 18.8. The zero-order valence-electron chi connectivity index (χ0n) is 16.6. The largest absolute Gasteiger partial charge is 0.388 e. The van der Waals surface area contributed by atoms with Crippen LogP contribution >= 0.6 is 11.6 Å². The number of rotatable bonds is 7. The van der Waals surface area contributed by atoms with Gasteiger partial charge >= 0.3 is 0 Å². The number of halogens is 1. The number of carbonyl (C=O) groups is 1. The molecule has 2 aliphatic rings. The zero-order valence-corrected chi connectivity index (χ0v) is 17.3. The molecule has 1 atom stereocenters. The van der Waals surface area contributed by atoms with Gasteiger partial charge in [0.05, 0.1) is 17.9 Å². The van der Waals surface area contributed by atoms with Crippen LogP contribution in [0.2, 0.25) is 5.02 Å². The van der Waals surface area contributed by atoms with Gasteiger partial charge < -0.3 is 20.1 Å². The van der Waals surface area contributed by atoms with Gasteiger partial charge in [0.25, 0.3) is 5.91 Å². The smallest absolute Gasteiger partial charge is 0.271 e. The van der Waals surface area contributed by atoms with E-state index in [1.165, 1.54) is 6.20 Å². The highest BCUT2D eigenvalue weighted by molar-refractivity contribution is 6.30. The summed E-state index contributed by atoms with van der Waals surface area (Å²) in [6, 6.07) is 7.30. The van der Waals surface area contributed by atoms with Gasteiger partial charge in [0.2, 0.25) is 0 Å². The van der Waals surface area contributed by atoms with E-state index in [4.69, 9.17) is 16.3 Å². The molecule has 0 unspecified atom stereocenters. The molecule has 8 heteroatoms. The number of aliphatic hydroxyl groups is 1. The van der Waals surface area contributed by atoms with Crippen LogP contribution in [0.3, 0.4) is 0 Å². The third-order valence-electron chi connectivity index (χ3n) is 5.65. The minimum absolute atomic E-state index is 0.169. The van der Waals surface area contributed by atoms with Gasteiger partial charge in [-0.3, -0.25) is 4.79 Å². The van der Waals surface area contributed by atoms with Gasteiger partial charge in [-0.25, -0.2) is 9.97 Å². The Hall–Kier alpha value is -2.22. The Kier molecular flexibility index (Phi) is 5.46. The van der Waals surface area contributed by atoms with Crippen LogP contribution in [0.4, 0.5) is 5.82 Å². The minimum Gasteiger partial charge on any atom is -0.388 e. The molecular formula is C21H25ClN4O3. The molecule has 1 aliphatic carbocycles. The first-order chi connectivity index (χ1) is 13.9. The van der Waals surface area contributed by atoms with E-state index in [0.717, 1.165) is 31.5 Å². The molecule has 2 N–H and O–H groups in total. The Morgan fingerprint density at radius 3 is 2.66 bits per heavy atom. The molecule has 29 heavy (non-hydrogen) atoms. The number of ether oxygens (including phenoxy) is 1. The summed E-state index contributed by atoms with van der Waals surface area (Å²) in [6.07, 6.45) is 3.64. The van der Waals surface area contributed by atoms with E-state index < -0.39 is 5.60 Å². The number of nitrogens with one attached hydrogen (secondary N) is 1. The molecule has 154 valence electrons. The van der Waals surface area contributed by atoms with Crippen molar-refractivity contribution < 1.29 is 14.6 Å². The number of anilines is 1. The Labute approximate surface area is 175 Å². The first-order valence-corrected chi connectivity index (χ1v) is 10.2. The second-order valence-corrected chi connectivity index (χ2v) is 8.45. The molecule has 0 spiro atoms. The fourth-order valence-electron chi connectivity index (χ4n) is 3.48. The van der Waals surface area contributed by atoms with Crippen LogP contribution in [-0.2, 0) is 4.74 Å². The molecule has 1 saturated carbocycles. The Morgan fingerprint density at radius 2 is 2.03 bits per heavy atom. The zero-order chi connectivity index (χ0) is 20.6. The molecule has 2 fully saturated rings. The first-order valence-electron chi connectivity index (χ1n) is 9.78. The van der Waals surface area contributed by atoms with Crippen LogP contribution in [0.1, 0.15) is 30.3 Å². The van der Waals surface area contributed by atoms with E-state index in [0.29, 0.717) is 16.5 Å². The lowest BCUT2D eigenvalue weighted by atomic mass is 10.0. The minimum atomic E-state index is -0.894. The summed E-state index contributed by atoms with van der Waals surface area (Å²) in [7, 11) is 1.69. The summed E-state index contributed by atoms with van der Waals surface area (Å²) in [6.45, 7) is 3.40. The summed E-state index contributed by atoms with van der Waals surface area (Å²) in [5.41, 5.74) is 0.777. The molecule has 2 heterocycles. The highest BCUT2D eigenvalue weighted by Crippen LogP contribution is 2.39. The number of hydrogen-bond acceptors (Lipinski definition) is 6. The average molecular weight is 417 g/mol. The van der Waals surface area contributed by atoms with E-state index in [1.54, 1.807) is 26.2 Å². The lowest BCUT2D eigenvalue weighted by molar-refractivity contribution is 0.0353. The maximum Gasteiger partial charge on any atom is 0.271 e. The Bertz CT molecular complexity index is 893. The third-order valence-corrected chi connectivity index (χ3v) is 5.90. The number of aromatic nitrogens is 2. The van der Waals surface area contributed by atoms with E-state index in [2.05, 4.69) is 20.2 Å². The van der Waals surface area contributed by atoms with Gasteiger partial charge in [-0.2, -0.15) is 0 Å². The van der Waals surface area contributed by atoms with Crippen LogP contribution in [0, 0.1) is 5.92 Å². The van der Waals surface area contributed by atoms with Crippen molar-refractivity contribution in [1.82, 2.24) is 15.3 Å². The van der Waals surface area contributed by atoms with Crippen molar-refractivity contribution in [1.29, 1.82) is 0 Å². The fourth-order valence-corrected chi connectivity index (χ4v) is 3.61. The Balaban J connectivity index is 1.58. The lowest BCUT2D eigenvalue weighted by Gasteiger charge is -2.39. The van der Waals surface area contributed by atoms with Crippen molar-refractivity contribution in [2.24, 2.45) is 5.92 Å². The highest BCUT2D eigenvalue weighted by Gasteiger charge is 2.40. The van der Waals surface area contributed by atoms with Crippen molar-refractivity contribution in [2.45, 2.75) is 31.5 Å². The molecule has 2 aromatic rings. The van der Waals surface area contributed by atoms with E-state index >= 15 is 0 Å². The van der Waals surface area contributed by atoms with Gasteiger partial charge in [0.15, 0.2) is 5.82 Å². The Morgan fingerprint density at radius 1 is 1.34 bits per heavy atom. The van der Waals surface area contributed by atoms with Crippen molar-refractivity contribution >= 4 is 23.3 Å². The van der Waals surface area contributed by atoms with Crippen LogP contribution in [0.25, 0.3) is 11.3 Å². The molecule has 4 rings (SSSR count). The maximum atomic E-state index is 12.7. The van der Waals surface area contributed by atoms with E-state index in [1.807, 2.05) is 12.1 Å². The number of carbonyl (C=O) groups excluding carboxylic acids is 1. The molecule has 1 amide bonds. The second kappa shape index (κ2) is 7.89. The number of methoxy groups -OCH3 is 1. The standard InChI is InChI=1S/C21H25ClN4O3/c1-21(28,14-5-6-14)12-24-20(27)17-9-23-19(26-10-16(11-26)29-2)18(25-17)13-3-7-15(22)8-4-13/h3-4,7-9,14,16,28H,5-6,10-12H2,1-2H3,(H,24,27)/t21-/m0/s1. The van der Waals surface area contributed by atoms with Crippen molar-refractivity contribution in [3.8, 4) is 11.3 Å². The van der Waals surface area contributed by atoms with E-state index in [9.17, 15) is 9.90 Å². The summed E-state index contributed by atoms with van der Waals surface area (Å²) in [4.78, 5) is 23.9. The number of amides is 1. The fraction of sp³-hybridized carbons (Fsp3) is 0.476. The van der Waals surface area contributed by atoms with Crippen molar-refractivity contribution in [3.63, 3.8) is 0 Å². The molecule has 1 saturated heterocycles. The maximum absolute atomic E-state index is 12.7. The number of nitrogens with zero attached hydrogens (tertiary/aromatic N) is 3. The quantitative estimate of drug-likeness (QED) is 0.721. The predicted molar refractivity (Wildman–Crippen MR) is 111 cm³/mol.